The largest absolute Gasteiger partial charge is 0.497 e. The van der Waals surface area contributed by atoms with Crippen LogP contribution < -0.4 is 9.47 Å². The molecule has 1 aliphatic heterocycles. The van der Waals surface area contributed by atoms with Crippen molar-refractivity contribution in [2.24, 2.45) is 0 Å². The molecule has 0 N–H and O–H groups in total. The topological polar surface area (TPSA) is 52.4 Å². The Kier molecular flexibility index (Phi) is 5.30. The van der Waals surface area contributed by atoms with Crippen LogP contribution in [0, 0.1) is 6.92 Å². The molecule has 28 heavy (non-hydrogen) atoms. The van der Waals surface area contributed by atoms with Crippen molar-refractivity contribution in [2.45, 2.75) is 32.5 Å². The number of rotatable bonds is 6. The second-order valence-corrected chi connectivity index (χ2v) is 7.07. The van der Waals surface area contributed by atoms with E-state index >= 15 is 0 Å². The third-order valence-electron chi connectivity index (χ3n) is 5.29. The molecule has 2 heterocycles. The van der Waals surface area contributed by atoms with Crippen molar-refractivity contribution in [1.82, 2.24) is 19.7 Å². The summed E-state index contributed by atoms with van der Waals surface area (Å²) in [6.07, 6.45) is 2.24. The van der Waals surface area contributed by atoms with E-state index in [0.717, 1.165) is 48.1 Å². The van der Waals surface area contributed by atoms with E-state index in [0.29, 0.717) is 6.67 Å². The molecule has 1 aliphatic rings. The molecular weight excluding hydrogens is 352 g/mol. The van der Waals surface area contributed by atoms with Gasteiger partial charge in [0.05, 0.1) is 20.9 Å². The summed E-state index contributed by atoms with van der Waals surface area (Å²) in [7, 11) is 3.39. The molecule has 0 bridgehead atoms. The molecule has 2 aromatic carbocycles. The molecular formula is C22H26N4O2. The van der Waals surface area contributed by atoms with Crippen molar-refractivity contribution >= 4 is 0 Å². The highest BCUT2D eigenvalue weighted by Gasteiger charge is 2.29. The van der Waals surface area contributed by atoms with E-state index < -0.39 is 0 Å². The van der Waals surface area contributed by atoms with Gasteiger partial charge in [0.2, 0.25) is 0 Å². The quantitative estimate of drug-likeness (QED) is 0.647. The predicted molar refractivity (Wildman–Crippen MR) is 108 cm³/mol. The molecule has 1 atom stereocenters. The first-order valence-electron chi connectivity index (χ1n) is 9.62. The first-order valence-corrected chi connectivity index (χ1v) is 9.62. The fraction of sp³-hybridized carbons (Fsp3) is 0.364. The van der Waals surface area contributed by atoms with Crippen LogP contribution in [0.1, 0.15) is 30.3 Å². The fourth-order valence-electron chi connectivity index (χ4n) is 3.97. The first-order chi connectivity index (χ1) is 13.7. The molecule has 0 amide bonds. The molecule has 0 spiro atoms. The van der Waals surface area contributed by atoms with E-state index in [4.69, 9.17) is 9.47 Å². The third kappa shape index (κ3) is 3.60. The SMILES string of the molecule is COc1ccc(C2CCCN2Cn2nc(C)nc2-c2ccccc2)c(OC)c1. The standard InChI is InChI=1S/C22H26N4O2/c1-16-23-22(17-8-5-4-6-9-17)26(24-16)15-25-13-7-10-20(25)19-12-11-18(27-2)14-21(19)28-3/h4-6,8-9,11-12,14,20H,7,10,13,15H2,1-3H3. The van der Waals surface area contributed by atoms with Crippen molar-refractivity contribution in [2.75, 3.05) is 20.8 Å². The number of benzene rings is 2. The lowest BCUT2D eigenvalue weighted by molar-refractivity contribution is 0.189. The molecule has 6 heteroatoms. The summed E-state index contributed by atoms with van der Waals surface area (Å²) >= 11 is 0. The van der Waals surface area contributed by atoms with Crippen molar-refractivity contribution in [3.8, 4) is 22.9 Å². The third-order valence-corrected chi connectivity index (χ3v) is 5.29. The minimum absolute atomic E-state index is 0.286. The van der Waals surface area contributed by atoms with Crippen molar-refractivity contribution in [3.05, 3.63) is 59.9 Å². The summed E-state index contributed by atoms with van der Waals surface area (Å²) in [5.74, 6) is 3.37. The normalized spacial score (nSPS) is 17.0. The lowest BCUT2D eigenvalue weighted by atomic mass is 10.0. The van der Waals surface area contributed by atoms with Gasteiger partial charge < -0.3 is 9.47 Å². The average Bonchev–Trinajstić information content (AvgIpc) is 3.34. The molecule has 0 saturated carbocycles. The van der Waals surface area contributed by atoms with Crippen LogP contribution in [0.3, 0.4) is 0 Å². The molecule has 1 aromatic heterocycles. The fourth-order valence-corrected chi connectivity index (χ4v) is 3.97. The molecule has 3 aromatic rings. The van der Waals surface area contributed by atoms with E-state index in [1.807, 2.05) is 41.9 Å². The Bertz CT molecular complexity index is 939. The van der Waals surface area contributed by atoms with Crippen molar-refractivity contribution in [1.29, 1.82) is 0 Å². The Morgan fingerprint density at radius 1 is 1.07 bits per heavy atom. The molecule has 1 saturated heterocycles. The van der Waals surface area contributed by atoms with Crippen molar-refractivity contribution < 1.29 is 9.47 Å². The van der Waals surface area contributed by atoms with Crippen LogP contribution >= 0.6 is 0 Å². The zero-order valence-electron chi connectivity index (χ0n) is 16.6. The lowest BCUT2D eigenvalue weighted by Gasteiger charge is -2.26. The van der Waals surface area contributed by atoms with Crippen LogP contribution in [0.15, 0.2) is 48.5 Å². The van der Waals surface area contributed by atoms with Gasteiger partial charge in [0.15, 0.2) is 5.82 Å². The number of methoxy groups -OCH3 is 2. The van der Waals surface area contributed by atoms with Gasteiger partial charge in [-0.15, -0.1) is 0 Å². The zero-order valence-corrected chi connectivity index (χ0v) is 16.6. The molecule has 6 nitrogen and oxygen atoms in total. The van der Waals surface area contributed by atoms with Gasteiger partial charge in [-0.25, -0.2) is 9.67 Å². The van der Waals surface area contributed by atoms with Gasteiger partial charge in [-0.1, -0.05) is 36.4 Å². The van der Waals surface area contributed by atoms with E-state index in [9.17, 15) is 0 Å². The Morgan fingerprint density at radius 3 is 2.64 bits per heavy atom. The van der Waals surface area contributed by atoms with Gasteiger partial charge in [-0.05, 0) is 25.8 Å². The number of aromatic nitrogens is 3. The Hall–Kier alpha value is -2.86. The summed E-state index contributed by atoms with van der Waals surface area (Å²) in [5.41, 5.74) is 2.28. The number of likely N-dealkylation sites (tertiary alicyclic amines) is 1. The van der Waals surface area contributed by atoms with Crippen LogP contribution in [0.2, 0.25) is 0 Å². The highest BCUT2D eigenvalue weighted by Crippen LogP contribution is 2.39. The minimum atomic E-state index is 0.286. The van der Waals surface area contributed by atoms with Gasteiger partial charge in [0.1, 0.15) is 17.3 Å². The average molecular weight is 378 g/mol. The molecule has 0 radical (unpaired) electrons. The zero-order chi connectivity index (χ0) is 19.5. The highest BCUT2D eigenvalue weighted by molar-refractivity contribution is 5.54. The molecule has 1 unspecified atom stereocenters. The summed E-state index contributed by atoms with van der Waals surface area (Å²) in [4.78, 5) is 7.11. The Balaban J connectivity index is 1.63. The second-order valence-electron chi connectivity index (χ2n) is 7.07. The van der Waals surface area contributed by atoms with E-state index in [-0.39, 0.29) is 6.04 Å². The Labute approximate surface area is 165 Å². The highest BCUT2D eigenvalue weighted by atomic mass is 16.5. The summed E-state index contributed by atoms with van der Waals surface area (Å²) in [6, 6.07) is 16.6. The molecule has 4 rings (SSSR count). The predicted octanol–water partition coefficient (Wildman–Crippen LogP) is 4.07. The molecule has 146 valence electrons. The number of hydrogen-bond donors (Lipinski definition) is 0. The summed E-state index contributed by atoms with van der Waals surface area (Å²) < 4.78 is 13.0. The summed E-state index contributed by atoms with van der Waals surface area (Å²) in [6.45, 7) is 3.66. The van der Waals surface area contributed by atoms with Gasteiger partial charge in [0.25, 0.3) is 0 Å². The van der Waals surface area contributed by atoms with Crippen LogP contribution in [0.25, 0.3) is 11.4 Å². The van der Waals surface area contributed by atoms with Gasteiger partial charge in [-0.2, -0.15) is 5.10 Å². The monoisotopic (exact) mass is 378 g/mol. The first kappa shape index (κ1) is 18.5. The number of hydrogen-bond acceptors (Lipinski definition) is 5. The van der Waals surface area contributed by atoms with E-state index in [1.54, 1.807) is 14.2 Å². The minimum Gasteiger partial charge on any atom is -0.497 e. The van der Waals surface area contributed by atoms with Gasteiger partial charge in [0, 0.05) is 29.8 Å². The van der Waals surface area contributed by atoms with Crippen molar-refractivity contribution in [3.63, 3.8) is 0 Å². The van der Waals surface area contributed by atoms with Crippen LogP contribution in [-0.2, 0) is 6.67 Å². The summed E-state index contributed by atoms with van der Waals surface area (Å²) in [5, 5.41) is 4.66. The molecule has 0 aliphatic carbocycles. The maximum absolute atomic E-state index is 5.65. The number of aryl methyl sites for hydroxylation is 1. The van der Waals surface area contributed by atoms with Gasteiger partial charge in [-0.3, -0.25) is 4.90 Å². The number of nitrogens with zero attached hydrogens (tertiary/aromatic N) is 4. The lowest BCUT2D eigenvalue weighted by Crippen LogP contribution is -2.27. The Morgan fingerprint density at radius 2 is 1.89 bits per heavy atom. The van der Waals surface area contributed by atoms with Crippen LogP contribution in [0.5, 0.6) is 11.5 Å². The van der Waals surface area contributed by atoms with E-state index in [1.165, 1.54) is 5.56 Å². The maximum atomic E-state index is 5.65. The van der Waals surface area contributed by atoms with Crippen LogP contribution in [-0.4, -0.2) is 40.4 Å². The smallest absolute Gasteiger partial charge is 0.159 e. The molecule has 1 fully saturated rings. The van der Waals surface area contributed by atoms with Gasteiger partial charge >= 0.3 is 0 Å². The maximum Gasteiger partial charge on any atom is 0.159 e. The second kappa shape index (κ2) is 8.02. The van der Waals surface area contributed by atoms with Crippen LogP contribution in [0.4, 0.5) is 0 Å². The number of ether oxygens (including phenoxy) is 2. The van der Waals surface area contributed by atoms with E-state index in [2.05, 4.69) is 33.2 Å².